The van der Waals surface area contributed by atoms with Crippen LogP contribution in [-0.2, 0) is 4.79 Å². The lowest BCUT2D eigenvalue weighted by Crippen LogP contribution is -2.49. The van der Waals surface area contributed by atoms with Crippen molar-refractivity contribution in [2.75, 3.05) is 19.6 Å². The first kappa shape index (κ1) is 13.8. The summed E-state index contributed by atoms with van der Waals surface area (Å²) >= 11 is 0. The van der Waals surface area contributed by atoms with Gasteiger partial charge < -0.3 is 15.1 Å². The Morgan fingerprint density at radius 1 is 1.11 bits per heavy atom. The number of rotatable bonds is 3. The topological polar surface area (TPSA) is 60.8 Å². The number of aliphatic hydroxyl groups is 1. The second-order valence-corrected chi connectivity index (χ2v) is 6.43. The number of piperidine rings is 1. The number of carboxylic acid groups (broad SMARTS) is 1. The lowest BCUT2D eigenvalue weighted by atomic mass is 9.79. The Morgan fingerprint density at radius 3 is 2.17 bits per heavy atom. The van der Waals surface area contributed by atoms with E-state index in [9.17, 15) is 15.0 Å². The average Bonchev–Trinajstić information content (AvgIpc) is 2.33. The third kappa shape index (κ3) is 3.04. The number of likely N-dealkylation sites (tertiary alicyclic amines) is 1. The van der Waals surface area contributed by atoms with Gasteiger partial charge >= 0.3 is 5.97 Å². The molecule has 2 aliphatic rings. The van der Waals surface area contributed by atoms with Crippen molar-refractivity contribution >= 4 is 5.97 Å². The number of β-amino-alcohol motifs (C(OH)–C–C–N with tert-alkyl or cyclic N) is 1. The Bertz CT molecular complexity index is 302. The van der Waals surface area contributed by atoms with Crippen LogP contribution < -0.4 is 0 Å². The van der Waals surface area contributed by atoms with Crippen molar-refractivity contribution in [2.24, 2.45) is 5.41 Å². The Kier molecular flexibility index (Phi) is 3.97. The third-order valence-electron chi connectivity index (χ3n) is 4.78. The maximum Gasteiger partial charge on any atom is 0.309 e. The molecule has 1 heterocycles. The summed E-state index contributed by atoms with van der Waals surface area (Å²) < 4.78 is 0. The molecule has 1 saturated carbocycles. The third-order valence-corrected chi connectivity index (χ3v) is 4.78. The smallest absolute Gasteiger partial charge is 0.309 e. The van der Waals surface area contributed by atoms with Crippen LogP contribution in [0.4, 0.5) is 0 Å². The molecule has 0 aromatic carbocycles. The molecule has 0 radical (unpaired) electrons. The molecule has 4 nitrogen and oxygen atoms in total. The van der Waals surface area contributed by atoms with E-state index in [0.29, 0.717) is 12.8 Å². The van der Waals surface area contributed by atoms with Gasteiger partial charge in [-0.1, -0.05) is 19.3 Å². The summed E-state index contributed by atoms with van der Waals surface area (Å²) in [5.74, 6) is -0.682. The fraction of sp³-hybridized carbons (Fsp3) is 0.929. The molecule has 18 heavy (non-hydrogen) atoms. The standard InChI is InChI=1S/C14H25NO3/c1-13(12(16)17)7-9-15(10-8-13)11-14(18)5-3-2-4-6-14/h18H,2-11H2,1H3,(H,16,17). The van der Waals surface area contributed by atoms with Crippen molar-refractivity contribution in [3.05, 3.63) is 0 Å². The highest BCUT2D eigenvalue weighted by molar-refractivity contribution is 5.74. The predicted octanol–water partition coefficient (Wildman–Crippen LogP) is 1.87. The first-order valence-electron chi connectivity index (χ1n) is 7.12. The summed E-state index contributed by atoms with van der Waals surface area (Å²) in [5.41, 5.74) is -1.08. The van der Waals surface area contributed by atoms with Crippen molar-refractivity contribution in [1.29, 1.82) is 0 Å². The zero-order valence-corrected chi connectivity index (χ0v) is 11.3. The molecule has 104 valence electrons. The van der Waals surface area contributed by atoms with Crippen molar-refractivity contribution in [1.82, 2.24) is 4.90 Å². The average molecular weight is 255 g/mol. The molecule has 2 rings (SSSR count). The van der Waals surface area contributed by atoms with Crippen molar-refractivity contribution in [3.63, 3.8) is 0 Å². The number of carbonyl (C=O) groups is 1. The number of hydrogen-bond acceptors (Lipinski definition) is 3. The van der Waals surface area contributed by atoms with Gasteiger partial charge in [0.25, 0.3) is 0 Å². The van der Waals surface area contributed by atoms with Crippen LogP contribution in [-0.4, -0.2) is 46.3 Å². The summed E-state index contributed by atoms with van der Waals surface area (Å²) in [6.07, 6.45) is 6.67. The van der Waals surface area contributed by atoms with Gasteiger partial charge in [0.05, 0.1) is 11.0 Å². The molecule has 0 atom stereocenters. The van der Waals surface area contributed by atoms with Crippen LogP contribution in [0.15, 0.2) is 0 Å². The van der Waals surface area contributed by atoms with Crippen molar-refractivity contribution in [3.8, 4) is 0 Å². The summed E-state index contributed by atoms with van der Waals surface area (Å²) in [6, 6.07) is 0. The van der Waals surface area contributed by atoms with Crippen LogP contribution in [0.5, 0.6) is 0 Å². The molecule has 0 aromatic rings. The normalized spacial score (nSPS) is 27.9. The molecule has 1 saturated heterocycles. The SMILES string of the molecule is CC1(C(=O)O)CCN(CC2(O)CCCCC2)CC1. The Labute approximate surface area is 109 Å². The van der Waals surface area contributed by atoms with E-state index in [0.717, 1.165) is 45.3 Å². The molecular weight excluding hydrogens is 230 g/mol. The van der Waals surface area contributed by atoms with E-state index in [1.807, 2.05) is 6.92 Å². The maximum atomic E-state index is 11.2. The number of hydrogen-bond donors (Lipinski definition) is 2. The molecule has 2 N–H and O–H groups in total. The number of aliphatic carboxylic acids is 1. The minimum atomic E-state index is -0.682. The van der Waals surface area contributed by atoms with Crippen molar-refractivity contribution in [2.45, 2.75) is 57.5 Å². The summed E-state index contributed by atoms with van der Waals surface area (Å²) in [6.45, 7) is 4.15. The molecule has 1 aliphatic heterocycles. The van der Waals surface area contributed by atoms with Gasteiger partial charge in [0.15, 0.2) is 0 Å². The Morgan fingerprint density at radius 2 is 1.67 bits per heavy atom. The number of nitrogens with zero attached hydrogens (tertiary/aromatic N) is 1. The highest BCUT2D eigenvalue weighted by Crippen LogP contribution is 2.34. The van der Waals surface area contributed by atoms with Gasteiger partial charge in [0, 0.05) is 6.54 Å². The minimum absolute atomic E-state index is 0.519. The lowest BCUT2D eigenvalue weighted by molar-refractivity contribution is -0.151. The second kappa shape index (κ2) is 5.17. The van der Waals surface area contributed by atoms with E-state index >= 15 is 0 Å². The van der Waals surface area contributed by atoms with Gasteiger partial charge in [-0.2, -0.15) is 0 Å². The Balaban J connectivity index is 1.85. The van der Waals surface area contributed by atoms with E-state index in [4.69, 9.17) is 0 Å². The molecule has 1 aliphatic carbocycles. The number of carboxylic acids is 1. The molecule has 2 fully saturated rings. The van der Waals surface area contributed by atoms with E-state index < -0.39 is 17.0 Å². The zero-order chi connectivity index (χ0) is 13.2. The molecular formula is C14H25NO3. The first-order valence-corrected chi connectivity index (χ1v) is 7.12. The van der Waals surface area contributed by atoms with Gasteiger partial charge in [-0.3, -0.25) is 4.79 Å². The second-order valence-electron chi connectivity index (χ2n) is 6.43. The predicted molar refractivity (Wildman–Crippen MR) is 69.5 cm³/mol. The molecule has 0 aromatic heterocycles. The monoisotopic (exact) mass is 255 g/mol. The van der Waals surface area contributed by atoms with E-state index in [-0.39, 0.29) is 0 Å². The van der Waals surface area contributed by atoms with Crippen LogP contribution in [0.1, 0.15) is 51.9 Å². The molecule has 0 amide bonds. The molecule has 0 bridgehead atoms. The fourth-order valence-electron chi connectivity index (χ4n) is 3.20. The summed E-state index contributed by atoms with van der Waals surface area (Å²) in [4.78, 5) is 13.4. The van der Waals surface area contributed by atoms with Crippen LogP contribution >= 0.6 is 0 Å². The minimum Gasteiger partial charge on any atom is -0.481 e. The van der Waals surface area contributed by atoms with E-state index in [1.54, 1.807) is 0 Å². The van der Waals surface area contributed by atoms with Gasteiger partial charge in [-0.15, -0.1) is 0 Å². The fourth-order valence-corrected chi connectivity index (χ4v) is 3.20. The zero-order valence-electron chi connectivity index (χ0n) is 11.3. The molecule has 4 heteroatoms. The summed E-state index contributed by atoms with van der Waals surface area (Å²) in [7, 11) is 0. The van der Waals surface area contributed by atoms with Crippen molar-refractivity contribution < 1.29 is 15.0 Å². The van der Waals surface area contributed by atoms with E-state index in [1.165, 1.54) is 6.42 Å². The van der Waals surface area contributed by atoms with Crippen LogP contribution in [0.2, 0.25) is 0 Å². The van der Waals surface area contributed by atoms with E-state index in [2.05, 4.69) is 4.90 Å². The van der Waals surface area contributed by atoms with Gasteiger partial charge in [0.1, 0.15) is 0 Å². The molecule has 0 unspecified atom stereocenters. The maximum absolute atomic E-state index is 11.2. The summed E-state index contributed by atoms with van der Waals surface area (Å²) in [5, 5.41) is 19.7. The highest BCUT2D eigenvalue weighted by atomic mass is 16.4. The lowest BCUT2D eigenvalue weighted by Gasteiger charge is -2.41. The van der Waals surface area contributed by atoms with Crippen LogP contribution in [0, 0.1) is 5.41 Å². The van der Waals surface area contributed by atoms with Gasteiger partial charge in [-0.05, 0) is 45.7 Å². The first-order chi connectivity index (χ1) is 8.44. The Hall–Kier alpha value is -0.610. The quantitative estimate of drug-likeness (QED) is 0.808. The van der Waals surface area contributed by atoms with Crippen LogP contribution in [0.3, 0.4) is 0 Å². The van der Waals surface area contributed by atoms with Gasteiger partial charge in [0.2, 0.25) is 0 Å². The molecule has 0 spiro atoms. The van der Waals surface area contributed by atoms with Crippen LogP contribution in [0.25, 0.3) is 0 Å². The van der Waals surface area contributed by atoms with Gasteiger partial charge in [-0.25, -0.2) is 0 Å². The largest absolute Gasteiger partial charge is 0.481 e. The highest BCUT2D eigenvalue weighted by Gasteiger charge is 2.39.